The van der Waals surface area contributed by atoms with Crippen molar-refractivity contribution in [2.24, 2.45) is 0 Å². The molecule has 2 aromatic heterocycles. The van der Waals surface area contributed by atoms with Crippen LogP contribution in [0, 0.1) is 0 Å². The molecular weight excluding hydrogens is 460 g/mol. The number of nitrogens with zero attached hydrogens (tertiary/aromatic N) is 4. The Bertz CT molecular complexity index is 1170. The van der Waals surface area contributed by atoms with Crippen molar-refractivity contribution in [1.29, 1.82) is 0 Å². The zero-order chi connectivity index (χ0) is 25.3. The Kier molecular flexibility index (Phi) is 8.80. The highest BCUT2D eigenvalue weighted by Crippen LogP contribution is 2.29. The number of hydrogen-bond donors (Lipinski definition) is 0. The second kappa shape index (κ2) is 12.4. The number of carbonyl (C=O) groups is 2. The maximum Gasteiger partial charge on any atom is 0.311 e. The van der Waals surface area contributed by atoms with Crippen molar-refractivity contribution in [2.45, 2.75) is 39.3 Å². The van der Waals surface area contributed by atoms with Gasteiger partial charge in [0.15, 0.2) is 6.29 Å². The minimum Gasteiger partial charge on any atom is -0.488 e. The molecule has 0 amide bonds. The van der Waals surface area contributed by atoms with Crippen molar-refractivity contribution < 1.29 is 23.8 Å². The fourth-order valence-electron chi connectivity index (χ4n) is 4.15. The van der Waals surface area contributed by atoms with Crippen LogP contribution in [-0.2, 0) is 16.1 Å². The minimum absolute atomic E-state index is 0.174. The molecule has 1 fully saturated rings. The van der Waals surface area contributed by atoms with Crippen molar-refractivity contribution in [3.8, 4) is 22.9 Å². The molecule has 0 saturated carbocycles. The van der Waals surface area contributed by atoms with Gasteiger partial charge in [0.25, 0.3) is 0 Å². The van der Waals surface area contributed by atoms with Crippen LogP contribution in [0.1, 0.15) is 48.7 Å². The smallest absolute Gasteiger partial charge is 0.311 e. The number of rotatable bonds is 11. The third-order valence-corrected chi connectivity index (χ3v) is 6.00. The van der Waals surface area contributed by atoms with E-state index in [9.17, 15) is 9.59 Å². The molecule has 1 aromatic carbocycles. The summed E-state index contributed by atoms with van der Waals surface area (Å²) in [6.07, 6.45) is 5.08. The van der Waals surface area contributed by atoms with Crippen molar-refractivity contribution in [1.82, 2.24) is 19.7 Å². The highest BCUT2D eigenvalue weighted by molar-refractivity contribution is 5.86. The quantitative estimate of drug-likeness (QED) is 0.226. The molecular formula is C27H32N4O5. The largest absolute Gasteiger partial charge is 0.488 e. The number of pyridine rings is 1. The number of carbonyl (C=O) groups excluding carboxylic acids is 2. The molecule has 3 aromatic rings. The Balaban J connectivity index is 1.41. The summed E-state index contributed by atoms with van der Waals surface area (Å²) in [5, 5.41) is 4.40. The molecule has 0 unspecified atom stereocenters. The van der Waals surface area contributed by atoms with Crippen LogP contribution in [0.4, 0.5) is 0 Å². The predicted octanol–water partition coefficient (Wildman–Crippen LogP) is 3.94. The van der Waals surface area contributed by atoms with Crippen molar-refractivity contribution in [3.63, 3.8) is 0 Å². The zero-order valence-corrected chi connectivity index (χ0v) is 20.8. The third kappa shape index (κ3) is 6.35. The first-order valence-electron chi connectivity index (χ1n) is 12.3. The van der Waals surface area contributed by atoms with E-state index in [0.29, 0.717) is 18.5 Å². The average molecular weight is 493 g/mol. The van der Waals surface area contributed by atoms with Crippen molar-refractivity contribution in [2.75, 3.05) is 32.8 Å². The number of morpholine rings is 1. The molecule has 4 rings (SSSR count). The lowest BCUT2D eigenvalue weighted by Gasteiger charge is -2.26. The van der Waals surface area contributed by atoms with E-state index in [4.69, 9.17) is 14.2 Å². The van der Waals surface area contributed by atoms with E-state index in [1.165, 1.54) is 0 Å². The van der Waals surface area contributed by atoms with Gasteiger partial charge < -0.3 is 14.2 Å². The second-order valence-corrected chi connectivity index (χ2v) is 8.87. The molecule has 3 heterocycles. The van der Waals surface area contributed by atoms with Crippen molar-refractivity contribution >= 4 is 12.3 Å². The zero-order valence-electron chi connectivity index (χ0n) is 20.8. The van der Waals surface area contributed by atoms with Gasteiger partial charge in [-0.05, 0) is 51.1 Å². The summed E-state index contributed by atoms with van der Waals surface area (Å²) in [5.74, 6) is 0.166. The van der Waals surface area contributed by atoms with Crippen molar-refractivity contribution in [3.05, 3.63) is 59.9 Å². The molecule has 1 saturated heterocycles. The second-order valence-electron chi connectivity index (χ2n) is 8.87. The molecule has 0 spiro atoms. The summed E-state index contributed by atoms with van der Waals surface area (Å²) < 4.78 is 18.8. The Morgan fingerprint density at radius 1 is 1.11 bits per heavy atom. The van der Waals surface area contributed by atoms with E-state index in [1.54, 1.807) is 30.6 Å². The molecule has 1 aliphatic rings. The highest BCUT2D eigenvalue weighted by Gasteiger charge is 2.17. The van der Waals surface area contributed by atoms with Crippen LogP contribution in [0.25, 0.3) is 11.4 Å². The normalized spacial score (nSPS) is 14.1. The maximum atomic E-state index is 12.4. The number of hydrogen-bond acceptors (Lipinski definition) is 8. The SMILES string of the molecule is CC(C)n1nccc1-c1ncccc1COc1cccc(OC(=O)CCCN2CCOCC2)c1C=O. The highest BCUT2D eigenvalue weighted by atomic mass is 16.5. The summed E-state index contributed by atoms with van der Waals surface area (Å²) in [7, 11) is 0. The maximum absolute atomic E-state index is 12.4. The standard InChI is InChI=1S/C27H32N4O5/c1-20(2)31-23(10-12-29-31)27-21(6-4-11-28-27)19-35-24-7-3-8-25(22(24)18-32)36-26(33)9-5-13-30-14-16-34-17-15-30/h3-4,6-8,10-12,18,20H,5,9,13-17,19H2,1-2H3. The van der Waals surface area contributed by atoms with Gasteiger partial charge in [-0.15, -0.1) is 0 Å². The van der Waals surface area contributed by atoms with Gasteiger partial charge in [0, 0.05) is 43.5 Å². The van der Waals surface area contributed by atoms with E-state index in [-0.39, 0.29) is 36.4 Å². The first-order valence-corrected chi connectivity index (χ1v) is 12.3. The number of benzene rings is 1. The molecule has 9 heteroatoms. The summed E-state index contributed by atoms with van der Waals surface area (Å²) in [6.45, 7) is 8.31. The molecule has 0 N–H and O–H groups in total. The van der Waals surface area contributed by atoms with Crippen LogP contribution < -0.4 is 9.47 Å². The van der Waals surface area contributed by atoms with E-state index >= 15 is 0 Å². The van der Waals surface area contributed by atoms with Gasteiger partial charge >= 0.3 is 5.97 Å². The fraction of sp³-hybridized carbons (Fsp3) is 0.407. The van der Waals surface area contributed by atoms with Gasteiger partial charge in [-0.25, -0.2) is 0 Å². The van der Waals surface area contributed by atoms with E-state index in [2.05, 4.69) is 28.8 Å². The lowest BCUT2D eigenvalue weighted by Crippen LogP contribution is -2.37. The van der Waals surface area contributed by atoms with Gasteiger partial charge in [-0.1, -0.05) is 12.1 Å². The topological polar surface area (TPSA) is 95.8 Å². The minimum atomic E-state index is -0.375. The van der Waals surface area contributed by atoms with Crippen LogP contribution >= 0.6 is 0 Å². The Hall–Kier alpha value is -3.56. The molecule has 0 atom stereocenters. The summed E-state index contributed by atoms with van der Waals surface area (Å²) in [5.41, 5.74) is 2.71. The average Bonchev–Trinajstić information content (AvgIpc) is 3.39. The first-order chi connectivity index (χ1) is 17.6. The third-order valence-electron chi connectivity index (χ3n) is 6.00. The number of esters is 1. The van der Waals surface area contributed by atoms with E-state index in [0.717, 1.165) is 49.8 Å². The summed E-state index contributed by atoms with van der Waals surface area (Å²) >= 11 is 0. The molecule has 0 bridgehead atoms. The van der Waals surface area contributed by atoms with Crippen LogP contribution in [0.3, 0.4) is 0 Å². The van der Waals surface area contributed by atoms with E-state index < -0.39 is 0 Å². The lowest BCUT2D eigenvalue weighted by atomic mass is 10.1. The molecule has 190 valence electrons. The number of ether oxygens (including phenoxy) is 3. The van der Waals surface area contributed by atoms with Crippen LogP contribution in [0.15, 0.2) is 48.8 Å². The molecule has 9 nitrogen and oxygen atoms in total. The lowest BCUT2D eigenvalue weighted by molar-refractivity contribution is -0.134. The predicted molar refractivity (Wildman–Crippen MR) is 134 cm³/mol. The monoisotopic (exact) mass is 492 g/mol. The van der Waals surface area contributed by atoms with Crippen LogP contribution in [0.5, 0.6) is 11.5 Å². The summed E-state index contributed by atoms with van der Waals surface area (Å²) in [4.78, 5) is 31.2. The summed E-state index contributed by atoms with van der Waals surface area (Å²) in [6, 6.07) is 10.9. The molecule has 0 radical (unpaired) electrons. The molecule has 36 heavy (non-hydrogen) atoms. The van der Waals surface area contributed by atoms with Gasteiger partial charge in [0.05, 0.1) is 30.2 Å². The van der Waals surface area contributed by atoms with Gasteiger partial charge in [0.1, 0.15) is 18.1 Å². The van der Waals surface area contributed by atoms with Gasteiger partial charge in [-0.3, -0.25) is 24.2 Å². The Morgan fingerprint density at radius 2 is 1.92 bits per heavy atom. The van der Waals surface area contributed by atoms with Gasteiger partial charge in [0.2, 0.25) is 0 Å². The number of aromatic nitrogens is 3. The Labute approximate surface area is 211 Å². The van der Waals surface area contributed by atoms with Crippen LogP contribution in [-0.4, -0.2) is 64.8 Å². The van der Waals surface area contributed by atoms with E-state index in [1.807, 2.05) is 22.9 Å². The van der Waals surface area contributed by atoms with Crippen LogP contribution in [0.2, 0.25) is 0 Å². The molecule has 1 aliphatic heterocycles. The van der Waals surface area contributed by atoms with Gasteiger partial charge in [-0.2, -0.15) is 5.10 Å². The number of aldehydes is 1. The molecule has 0 aliphatic carbocycles. The Morgan fingerprint density at radius 3 is 2.69 bits per heavy atom. The fourth-order valence-corrected chi connectivity index (χ4v) is 4.15. The first kappa shape index (κ1) is 25.5.